The highest BCUT2D eigenvalue weighted by molar-refractivity contribution is 7.13. The van der Waals surface area contributed by atoms with Gasteiger partial charge in [-0.1, -0.05) is 13.8 Å². The predicted molar refractivity (Wildman–Crippen MR) is 98.6 cm³/mol. The van der Waals surface area contributed by atoms with Crippen LogP contribution in [0.2, 0.25) is 0 Å². The van der Waals surface area contributed by atoms with Gasteiger partial charge in [-0.2, -0.15) is 0 Å². The van der Waals surface area contributed by atoms with Gasteiger partial charge in [0.2, 0.25) is 0 Å². The number of nitrogens with zero attached hydrogens (tertiary/aromatic N) is 3. The number of rotatable bonds is 7. The summed E-state index contributed by atoms with van der Waals surface area (Å²) in [6, 6.07) is 6.18. The van der Waals surface area contributed by atoms with E-state index in [4.69, 9.17) is 5.73 Å². The van der Waals surface area contributed by atoms with Crippen LogP contribution in [0.5, 0.6) is 0 Å². The summed E-state index contributed by atoms with van der Waals surface area (Å²) in [6.07, 6.45) is 0.735. The minimum atomic E-state index is -0.447. The molecular weight excluding hydrogens is 340 g/mol. The number of hydrogen-bond acceptors (Lipinski definition) is 6. The molecular formula is C17H22N4O3S. The molecule has 0 saturated carbocycles. The van der Waals surface area contributed by atoms with Gasteiger partial charge in [0, 0.05) is 42.7 Å². The number of carbonyl (C=O) groups excluding carboxylic acids is 1. The first-order valence-electron chi connectivity index (χ1n) is 8.01. The summed E-state index contributed by atoms with van der Waals surface area (Å²) < 4.78 is 0. The van der Waals surface area contributed by atoms with Crippen LogP contribution >= 0.6 is 11.3 Å². The lowest BCUT2D eigenvalue weighted by Crippen LogP contribution is -2.34. The molecule has 25 heavy (non-hydrogen) atoms. The van der Waals surface area contributed by atoms with Gasteiger partial charge in [0.05, 0.1) is 4.92 Å². The number of thiazole rings is 1. The smallest absolute Gasteiger partial charge is 0.273 e. The van der Waals surface area contributed by atoms with E-state index < -0.39 is 4.92 Å². The van der Waals surface area contributed by atoms with Crippen molar-refractivity contribution in [1.82, 2.24) is 9.88 Å². The molecule has 1 atom stereocenters. The van der Waals surface area contributed by atoms with Crippen molar-refractivity contribution in [2.45, 2.75) is 26.3 Å². The van der Waals surface area contributed by atoms with E-state index in [0.29, 0.717) is 23.2 Å². The van der Waals surface area contributed by atoms with Crippen molar-refractivity contribution in [3.05, 3.63) is 45.5 Å². The van der Waals surface area contributed by atoms with Gasteiger partial charge in [0.1, 0.15) is 10.7 Å². The molecule has 0 radical (unpaired) electrons. The molecule has 1 heterocycles. The molecule has 1 unspecified atom stereocenters. The topological polar surface area (TPSA) is 102 Å². The fourth-order valence-corrected chi connectivity index (χ4v) is 3.00. The normalized spacial score (nSPS) is 12.2. The van der Waals surface area contributed by atoms with E-state index >= 15 is 0 Å². The van der Waals surface area contributed by atoms with Crippen LogP contribution in [0.15, 0.2) is 29.6 Å². The number of nitro benzene ring substituents is 1. The first kappa shape index (κ1) is 19.0. The maximum Gasteiger partial charge on any atom is 0.273 e. The fourth-order valence-electron chi connectivity index (χ4n) is 2.20. The monoisotopic (exact) mass is 362 g/mol. The van der Waals surface area contributed by atoms with Crippen molar-refractivity contribution < 1.29 is 9.72 Å². The first-order chi connectivity index (χ1) is 11.8. The SMILES string of the molecule is CC(C)C(N)CCN(C)C(=O)c1csc(-c2ccc([N+](=O)[O-])cc2)n1. The summed E-state index contributed by atoms with van der Waals surface area (Å²) in [6.45, 7) is 4.69. The number of hydrogen-bond donors (Lipinski definition) is 1. The van der Waals surface area contributed by atoms with Crippen LogP contribution in [0.4, 0.5) is 5.69 Å². The maximum absolute atomic E-state index is 12.5. The third-order valence-corrected chi connectivity index (χ3v) is 4.94. The number of non-ortho nitro benzene ring substituents is 1. The lowest BCUT2D eigenvalue weighted by atomic mass is 10.0. The second kappa shape index (κ2) is 8.17. The van der Waals surface area contributed by atoms with Crippen molar-refractivity contribution in [3.8, 4) is 10.6 Å². The Hall–Kier alpha value is -2.32. The Labute approximate surface area is 150 Å². The van der Waals surface area contributed by atoms with Crippen molar-refractivity contribution in [2.75, 3.05) is 13.6 Å². The van der Waals surface area contributed by atoms with Gasteiger partial charge in [-0.05, 0) is 24.5 Å². The Morgan fingerprint density at radius 1 is 1.36 bits per heavy atom. The lowest BCUT2D eigenvalue weighted by Gasteiger charge is -2.20. The van der Waals surface area contributed by atoms with Gasteiger partial charge >= 0.3 is 0 Å². The van der Waals surface area contributed by atoms with Crippen LogP contribution in [0.3, 0.4) is 0 Å². The summed E-state index contributed by atoms with van der Waals surface area (Å²) >= 11 is 1.34. The molecule has 1 amide bonds. The Kier molecular flexibility index (Phi) is 6.22. The van der Waals surface area contributed by atoms with Gasteiger partial charge in [0.25, 0.3) is 11.6 Å². The Morgan fingerprint density at radius 2 is 2.00 bits per heavy atom. The van der Waals surface area contributed by atoms with Gasteiger partial charge < -0.3 is 10.6 Å². The number of nitrogens with two attached hydrogens (primary N) is 1. The van der Waals surface area contributed by atoms with Crippen molar-refractivity contribution in [2.24, 2.45) is 11.7 Å². The standard InChI is InChI=1S/C17H22N4O3S/c1-11(2)14(18)8-9-20(3)17(22)15-10-25-16(19-15)12-4-6-13(7-5-12)21(23)24/h4-7,10-11,14H,8-9,18H2,1-3H3. The minimum Gasteiger partial charge on any atom is -0.340 e. The maximum atomic E-state index is 12.5. The number of carbonyl (C=O) groups is 1. The molecule has 2 rings (SSSR count). The summed E-state index contributed by atoms with van der Waals surface area (Å²) in [4.78, 5) is 28.7. The van der Waals surface area contributed by atoms with E-state index in [-0.39, 0.29) is 17.6 Å². The highest BCUT2D eigenvalue weighted by Gasteiger charge is 2.18. The van der Waals surface area contributed by atoms with Crippen molar-refractivity contribution in [1.29, 1.82) is 0 Å². The van der Waals surface area contributed by atoms with Crippen molar-refractivity contribution in [3.63, 3.8) is 0 Å². The van der Waals surface area contributed by atoms with Gasteiger partial charge in [-0.25, -0.2) is 4.98 Å². The molecule has 2 aromatic rings. The highest BCUT2D eigenvalue weighted by Crippen LogP contribution is 2.26. The summed E-state index contributed by atoms with van der Waals surface area (Å²) in [5.41, 5.74) is 7.17. The van der Waals surface area contributed by atoms with E-state index in [1.165, 1.54) is 23.5 Å². The van der Waals surface area contributed by atoms with Crippen LogP contribution in [0.25, 0.3) is 10.6 Å². The Bertz CT molecular complexity index is 743. The molecule has 2 N–H and O–H groups in total. The highest BCUT2D eigenvalue weighted by atomic mass is 32.1. The average molecular weight is 362 g/mol. The number of amides is 1. The zero-order chi connectivity index (χ0) is 18.6. The number of aromatic nitrogens is 1. The van der Waals surface area contributed by atoms with Gasteiger partial charge in [0.15, 0.2) is 0 Å². The second-order valence-electron chi connectivity index (χ2n) is 6.27. The molecule has 8 heteroatoms. The third-order valence-electron chi connectivity index (χ3n) is 4.05. The summed E-state index contributed by atoms with van der Waals surface area (Å²) in [5, 5.41) is 13.1. The van der Waals surface area contributed by atoms with Gasteiger partial charge in [-0.3, -0.25) is 14.9 Å². The van der Waals surface area contributed by atoms with Gasteiger partial charge in [-0.15, -0.1) is 11.3 Å². The molecule has 134 valence electrons. The number of nitro groups is 1. The third kappa shape index (κ3) is 4.83. The quantitative estimate of drug-likeness (QED) is 0.602. The molecule has 0 spiro atoms. The summed E-state index contributed by atoms with van der Waals surface area (Å²) in [7, 11) is 1.74. The molecule has 1 aromatic heterocycles. The van der Waals surface area contributed by atoms with Crippen LogP contribution in [0, 0.1) is 16.0 Å². The van der Waals surface area contributed by atoms with Crippen molar-refractivity contribution >= 4 is 22.9 Å². The van der Waals surface area contributed by atoms with E-state index in [1.807, 2.05) is 0 Å². The van der Waals surface area contributed by atoms with E-state index in [1.54, 1.807) is 29.5 Å². The zero-order valence-corrected chi connectivity index (χ0v) is 15.3. The fraction of sp³-hybridized carbons (Fsp3) is 0.412. The molecule has 7 nitrogen and oxygen atoms in total. The first-order valence-corrected chi connectivity index (χ1v) is 8.89. The Morgan fingerprint density at radius 3 is 2.56 bits per heavy atom. The number of benzene rings is 1. The molecule has 0 aliphatic rings. The predicted octanol–water partition coefficient (Wildman–Crippen LogP) is 3.16. The molecule has 0 bridgehead atoms. The van der Waals surface area contributed by atoms with Crippen LogP contribution < -0.4 is 5.73 Å². The van der Waals surface area contributed by atoms with Crippen LogP contribution in [-0.2, 0) is 0 Å². The molecule has 0 aliphatic heterocycles. The minimum absolute atomic E-state index is 0.0258. The average Bonchev–Trinajstić information content (AvgIpc) is 3.08. The molecule has 0 aliphatic carbocycles. The molecule has 0 fully saturated rings. The van der Waals surface area contributed by atoms with E-state index in [0.717, 1.165) is 12.0 Å². The van der Waals surface area contributed by atoms with E-state index in [2.05, 4.69) is 18.8 Å². The van der Waals surface area contributed by atoms with Crippen LogP contribution in [0.1, 0.15) is 30.8 Å². The molecule has 0 saturated heterocycles. The second-order valence-corrected chi connectivity index (χ2v) is 7.12. The summed E-state index contributed by atoms with van der Waals surface area (Å²) in [5.74, 6) is 0.219. The van der Waals surface area contributed by atoms with Crippen LogP contribution in [-0.4, -0.2) is 40.3 Å². The zero-order valence-electron chi connectivity index (χ0n) is 14.5. The molecule has 1 aromatic carbocycles. The largest absolute Gasteiger partial charge is 0.340 e. The Balaban J connectivity index is 2.04. The van der Waals surface area contributed by atoms with E-state index in [9.17, 15) is 14.9 Å². The lowest BCUT2D eigenvalue weighted by molar-refractivity contribution is -0.384.